The number of alkyl halides is 3. The summed E-state index contributed by atoms with van der Waals surface area (Å²) in [4.78, 5) is 26.5. The summed E-state index contributed by atoms with van der Waals surface area (Å²) in [6, 6.07) is 10.3. The molecular formula is C22H15F3N2O4S. The normalized spacial score (nSPS) is 12.9. The quantitative estimate of drug-likeness (QED) is 0.278. The number of hydrogen-bond acceptors (Lipinski definition) is 7. The zero-order valence-electron chi connectivity index (χ0n) is 16.4. The van der Waals surface area contributed by atoms with Crippen LogP contribution in [0.15, 0.2) is 53.4 Å². The number of methoxy groups -OCH3 is 1. The van der Waals surface area contributed by atoms with Crippen molar-refractivity contribution < 1.29 is 32.0 Å². The van der Waals surface area contributed by atoms with E-state index in [0.717, 1.165) is 18.2 Å². The summed E-state index contributed by atoms with van der Waals surface area (Å²) in [5.74, 6) is -0.968. The van der Waals surface area contributed by atoms with Gasteiger partial charge in [0.05, 0.1) is 45.8 Å². The first-order valence-corrected chi connectivity index (χ1v) is 9.93. The number of fused-ring (bicyclic) bond motifs is 2. The van der Waals surface area contributed by atoms with Crippen LogP contribution in [-0.4, -0.2) is 23.2 Å². The van der Waals surface area contributed by atoms with Crippen LogP contribution in [-0.2, 0) is 6.18 Å². The molecule has 0 atom stereocenters. The second kappa shape index (κ2) is 7.88. The Morgan fingerprint density at radius 3 is 2.16 bits per heavy atom. The van der Waals surface area contributed by atoms with Gasteiger partial charge in [0.15, 0.2) is 11.6 Å². The molecule has 0 heterocycles. The van der Waals surface area contributed by atoms with E-state index in [2.05, 4.69) is 5.32 Å². The predicted molar refractivity (Wildman–Crippen MR) is 114 cm³/mol. The van der Waals surface area contributed by atoms with E-state index in [1.165, 1.54) is 25.3 Å². The summed E-state index contributed by atoms with van der Waals surface area (Å²) in [6.07, 6.45) is -4.61. The number of nitrogens with one attached hydrogen (secondary N) is 1. The van der Waals surface area contributed by atoms with Crippen molar-refractivity contribution in [2.75, 3.05) is 18.2 Å². The van der Waals surface area contributed by atoms with Crippen molar-refractivity contribution in [3.8, 4) is 5.75 Å². The molecule has 0 aliphatic heterocycles. The van der Waals surface area contributed by atoms with E-state index in [0.29, 0.717) is 0 Å². The van der Waals surface area contributed by atoms with Gasteiger partial charge < -0.3 is 20.3 Å². The van der Waals surface area contributed by atoms with Crippen LogP contribution in [0.3, 0.4) is 0 Å². The summed E-state index contributed by atoms with van der Waals surface area (Å²) in [6.45, 7) is 0. The Labute approximate surface area is 184 Å². The highest BCUT2D eigenvalue weighted by molar-refractivity contribution is 7.94. The number of ether oxygens (including phenoxy) is 1. The first-order chi connectivity index (χ1) is 15.2. The van der Waals surface area contributed by atoms with E-state index >= 15 is 0 Å². The fourth-order valence-electron chi connectivity index (χ4n) is 3.59. The van der Waals surface area contributed by atoms with E-state index in [-0.39, 0.29) is 62.0 Å². The second-order valence-corrected chi connectivity index (χ2v) is 7.54. The molecular weight excluding hydrogens is 445 g/mol. The summed E-state index contributed by atoms with van der Waals surface area (Å²) < 4.78 is 54.5. The molecule has 1 aliphatic rings. The number of ketones is 2. The van der Waals surface area contributed by atoms with Crippen LogP contribution in [0.5, 0.6) is 5.75 Å². The van der Waals surface area contributed by atoms with Crippen LogP contribution in [0, 0.1) is 0 Å². The lowest BCUT2D eigenvalue weighted by Gasteiger charge is -2.24. The molecule has 0 amide bonds. The molecule has 164 valence electrons. The number of anilines is 3. The minimum absolute atomic E-state index is 0.0104. The molecule has 6 nitrogen and oxygen atoms in total. The lowest BCUT2D eigenvalue weighted by Crippen LogP contribution is -2.24. The van der Waals surface area contributed by atoms with Gasteiger partial charge in [0.25, 0.3) is 0 Å². The molecule has 0 aromatic heterocycles. The minimum atomic E-state index is -4.61. The Bertz CT molecular complexity index is 1270. The van der Waals surface area contributed by atoms with Gasteiger partial charge in [-0.1, -0.05) is 24.3 Å². The smallest absolute Gasteiger partial charge is 0.416 e. The fraction of sp³-hybridized carbons (Fsp3) is 0.0909. The van der Waals surface area contributed by atoms with Gasteiger partial charge >= 0.3 is 6.18 Å². The van der Waals surface area contributed by atoms with Gasteiger partial charge in [-0.2, -0.15) is 13.2 Å². The standard InChI is InChI=1S/C22H15F3N2O4S/c1-31-15-7-6-10(22(23,24)25)8-13(15)27-14-9-16(32-30)19(26)18-17(14)20(28)11-4-2-3-5-12(11)21(18)29/h2-9,27,30H,26H2,1H3. The van der Waals surface area contributed by atoms with Crippen LogP contribution >= 0.6 is 12.0 Å². The number of carbonyl (C=O) groups excluding carboxylic acids is 2. The Kier molecular flexibility index (Phi) is 5.35. The maximum atomic E-state index is 13.3. The molecule has 0 fully saturated rings. The number of hydrogen-bond donors (Lipinski definition) is 3. The predicted octanol–water partition coefficient (Wildman–Crippen LogP) is 5.38. The largest absolute Gasteiger partial charge is 0.495 e. The molecule has 3 aromatic carbocycles. The summed E-state index contributed by atoms with van der Waals surface area (Å²) >= 11 is 0.255. The third kappa shape index (κ3) is 3.47. The SMILES string of the molecule is COc1ccc(C(F)(F)F)cc1Nc1cc(SO)c(N)c2c1C(=O)c1ccccc1C2=O. The number of benzene rings is 3. The lowest BCUT2D eigenvalue weighted by molar-refractivity contribution is -0.137. The maximum absolute atomic E-state index is 13.3. The Balaban J connectivity index is 1.94. The zero-order chi connectivity index (χ0) is 23.2. The zero-order valence-corrected chi connectivity index (χ0v) is 17.2. The first-order valence-electron chi connectivity index (χ1n) is 9.16. The monoisotopic (exact) mass is 460 g/mol. The Morgan fingerprint density at radius 2 is 1.59 bits per heavy atom. The fourth-order valence-corrected chi connectivity index (χ4v) is 3.97. The second-order valence-electron chi connectivity index (χ2n) is 6.92. The third-order valence-electron chi connectivity index (χ3n) is 5.09. The van der Waals surface area contributed by atoms with Gasteiger partial charge in [-0.15, -0.1) is 0 Å². The molecule has 0 spiro atoms. The molecule has 0 saturated carbocycles. The molecule has 4 N–H and O–H groups in total. The number of carbonyl (C=O) groups is 2. The lowest BCUT2D eigenvalue weighted by atomic mass is 9.82. The molecule has 0 bridgehead atoms. The van der Waals surface area contributed by atoms with E-state index in [4.69, 9.17) is 10.5 Å². The highest BCUT2D eigenvalue weighted by Gasteiger charge is 2.35. The van der Waals surface area contributed by atoms with Crippen molar-refractivity contribution in [2.24, 2.45) is 0 Å². The molecule has 32 heavy (non-hydrogen) atoms. The Hall–Kier alpha value is -3.50. The molecule has 1 aliphatic carbocycles. The van der Waals surface area contributed by atoms with Gasteiger partial charge in [-0.3, -0.25) is 9.59 Å². The van der Waals surface area contributed by atoms with Crippen molar-refractivity contribution >= 4 is 40.7 Å². The van der Waals surface area contributed by atoms with Crippen molar-refractivity contribution in [2.45, 2.75) is 11.1 Å². The van der Waals surface area contributed by atoms with E-state index in [9.17, 15) is 27.3 Å². The van der Waals surface area contributed by atoms with Gasteiger partial charge in [0, 0.05) is 23.2 Å². The van der Waals surface area contributed by atoms with Gasteiger partial charge in [-0.25, -0.2) is 0 Å². The van der Waals surface area contributed by atoms with E-state index in [1.54, 1.807) is 12.1 Å². The van der Waals surface area contributed by atoms with Gasteiger partial charge in [0.2, 0.25) is 0 Å². The van der Waals surface area contributed by atoms with Crippen molar-refractivity contribution in [1.82, 2.24) is 0 Å². The molecule has 3 aromatic rings. The van der Waals surface area contributed by atoms with E-state index < -0.39 is 23.3 Å². The number of halogens is 3. The van der Waals surface area contributed by atoms with Crippen LogP contribution in [0.2, 0.25) is 0 Å². The Morgan fingerprint density at radius 1 is 0.969 bits per heavy atom. The summed E-state index contributed by atoms with van der Waals surface area (Å²) in [7, 11) is 1.28. The van der Waals surface area contributed by atoms with Gasteiger partial charge in [-0.05, 0) is 24.3 Å². The van der Waals surface area contributed by atoms with Gasteiger partial charge in [0.1, 0.15) is 5.75 Å². The molecule has 10 heteroatoms. The highest BCUT2D eigenvalue weighted by atomic mass is 32.2. The van der Waals surface area contributed by atoms with Crippen LogP contribution in [0.1, 0.15) is 37.4 Å². The number of rotatable bonds is 4. The van der Waals surface area contributed by atoms with Crippen molar-refractivity contribution in [3.05, 3.63) is 76.3 Å². The van der Waals surface area contributed by atoms with Crippen LogP contribution < -0.4 is 15.8 Å². The highest BCUT2D eigenvalue weighted by Crippen LogP contribution is 2.43. The minimum Gasteiger partial charge on any atom is -0.495 e. The third-order valence-corrected chi connectivity index (χ3v) is 5.63. The summed E-state index contributed by atoms with van der Waals surface area (Å²) in [5, 5.41) is 2.77. The number of nitrogen functional groups attached to an aromatic ring is 1. The average Bonchev–Trinajstić information content (AvgIpc) is 2.77. The molecule has 4 rings (SSSR count). The van der Waals surface area contributed by atoms with Crippen LogP contribution in [0.25, 0.3) is 0 Å². The number of nitrogens with two attached hydrogens (primary N) is 1. The maximum Gasteiger partial charge on any atom is 0.416 e. The summed E-state index contributed by atoms with van der Waals surface area (Å²) in [5.41, 5.74) is 5.05. The van der Waals surface area contributed by atoms with Crippen molar-refractivity contribution in [1.29, 1.82) is 0 Å². The topological polar surface area (TPSA) is 102 Å². The van der Waals surface area contributed by atoms with Crippen LogP contribution in [0.4, 0.5) is 30.2 Å². The van der Waals surface area contributed by atoms with E-state index in [1.807, 2.05) is 0 Å². The first kappa shape index (κ1) is 21.7. The van der Waals surface area contributed by atoms with Crippen molar-refractivity contribution in [3.63, 3.8) is 0 Å². The molecule has 0 unspecified atom stereocenters. The molecule has 0 saturated heterocycles. The average molecular weight is 460 g/mol. The molecule has 0 radical (unpaired) electrons.